The molecule has 2 rings (SSSR count). The average Bonchev–Trinajstić information content (AvgIpc) is 2.42. The lowest BCUT2D eigenvalue weighted by molar-refractivity contribution is -0.136. The minimum Gasteiger partial charge on any atom is -0.481 e. The Kier molecular flexibility index (Phi) is 5.33. The number of carboxylic acid groups (broad SMARTS) is 1. The molecule has 0 spiro atoms. The molecule has 1 amide bonds. The van der Waals surface area contributed by atoms with Crippen LogP contribution in [-0.2, 0) is 22.6 Å². The summed E-state index contributed by atoms with van der Waals surface area (Å²) in [6, 6.07) is 7.74. The SMILES string of the molecule is NC(=O)CC1CCN(Cc2ccc(CC(=O)O)cc2)CC1. The number of rotatable bonds is 6. The van der Waals surface area contributed by atoms with E-state index in [0.29, 0.717) is 12.3 Å². The summed E-state index contributed by atoms with van der Waals surface area (Å²) in [5, 5.41) is 8.74. The third-order valence-corrected chi connectivity index (χ3v) is 3.98. The normalized spacial score (nSPS) is 16.8. The molecule has 1 aromatic rings. The molecular formula is C16H22N2O3. The first-order valence-corrected chi connectivity index (χ1v) is 7.33. The Morgan fingerprint density at radius 3 is 2.24 bits per heavy atom. The van der Waals surface area contributed by atoms with Crippen LogP contribution in [-0.4, -0.2) is 35.0 Å². The molecule has 0 aromatic heterocycles. The minimum atomic E-state index is -0.806. The van der Waals surface area contributed by atoms with Crippen LogP contribution in [0, 0.1) is 5.92 Å². The molecule has 21 heavy (non-hydrogen) atoms. The molecule has 0 bridgehead atoms. The zero-order valence-electron chi connectivity index (χ0n) is 12.1. The summed E-state index contributed by atoms with van der Waals surface area (Å²) in [6.45, 7) is 2.83. The quantitative estimate of drug-likeness (QED) is 0.829. The highest BCUT2D eigenvalue weighted by atomic mass is 16.4. The van der Waals surface area contributed by atoms with Gasteiger partial charge in [0.2, 0.25) is 5.91 Å². The molecule has 3 N–H and O–H groups in total. The highest BCUT2D eigenvalue weighted by molar-refractivity contribution is 5.74. The van der Waals surface area contributed by atoms with Crippen molar-refractivity contribution in [2.45, 2.75) is 32.2 Å². The van der Waals surface area contributed by atoms with Gasteiger partial charge in [-0.2, -0.15) is 0 Å². The zero-order valence-corrected chi connectivity index (χ0v) is 12.1. The van der Waals surface area contributed by atoms with E-state index in [1.165, 1.54) is 5.56 Å². The van der Waals surface area contributed by atoms with Crippen molar-refractivity contribution in [3.8, 4) is 0 Å². The number of piperidine rings is 1. The Morgan fingerprint density at radius 1 is 1.14 bits per heavy atom. The smallest absolute Gasteiger partial charge is 0.307 e. The molecule has 0 aliphatic carbocycles. The van der Waals surface area contributed by atoms with Gasteiger partial charge < -0.3 is 10.8 Å². The van der Waals surface area contributed by atoms with Crippen molar-refractivity contribution in [3.05, 3.63) is 35.4 Å². The first-order valence-electron chi connectivity index (χ1n) is 7.33. The van der Waals surface area contributed by atoms with Gasteiger partial charge in [-0.15, -0.1) is 0 Å². The number of primary amides is 1. The van der Waals surface area contributed by atoms with Gasteiger partial charge in [0.1, 0.15) is 0 Å². The third kappa shape index (κ3) is 5.19. The van der Waals surface area contributed by atoms with E-state index in [-0.39, 0.29) is 12.3 Å². The van der Waals surface area contributed by atoms with Crippen LogP contribution in [0.3, 0.4) is 0 Å². The molecule has 1 saturated heterocycles. The second kappa shape index (κ2) is 7.22. The molecule has 0 saturated carbocycles. The van der Waals surface area contributed by atoms with Crippen LogP contribution < -0.4 is 5.73 Å². The van der Waals surface area contributed by atoms with Gasteiger partial charge in [0.25, 0.3) is 0 Å². The molecule has 5 heteroatoms. The van der Waals surface area contributed by atoms with E-state index in [4.69, 9.17) is 10.8 Å². The summed E-state index contributed by atoms with van der Waals surface area (Å²) >= 11 is 0. The summed E-state index contributed by atoms with van der Waals surface area (Å²) in [7, 11) is 0. The summed E-state index contributed by atoms with van der Waals surface area (Å²) in [5.41, 5.74) is 7.25. The number of hydrogen-bond acceptors (Lipinski definition) is 3. The van der Waals surface area contributed by atoms with Gasteiger partial charge in [-0.25, -0.2) is 0 Å². The standard InChI is InChI=1S/C16H22N2O3/c17-15(19)9-13-5-7-18(8-6-13)11-14-3-1-12(2-4-14)10-16(20)21/h1-4,13H,5-11H2,(H2,17,19)(H,20,21). The number of likely N-dealkylation sites (tertiary alicyclic amines) is 1. The van der Waals surface area contributed by atoms with Crippen molar-refractivity contribution in [1.29, 1.82) is 0 Å². The van der Waals surface area contributed by atoms with Gasteiger partial charge in [0.05, 0.1) is 6.42 Å². The molecule has 1 aromatic carbocycles. The second-order valence-corrected chi connectivity index (χ2v) is 5.78. The van der Waals surface area contributed by atoms with Crippen LogP contribution in [0.5, 0.6) is 0 Å². The van der Waals surface area contributed by atoms with Crippen LogP contribution >= 0.6 is 0 Å². The molecule has 0 unspecified atom stereocenters. The first-order chi connectivity index (χ1) is 10.0. The number of carbonyl (C=O) groups excluding carboxylic acids is 1. The number of aliphatic carboxylic acids is 1. The molecule has 114 valence electrons. The summed E-state index contributed by atoms with van der Waals surface area (Å²) in [5.74, 6) is -0.585. The van der Waals surface area contributed by atoms with Crippen molar-refractivity contribution in [3.63, 3.8) is 0 Å². The third-order valence-electron chi connectivity index (χ3n) is 3.98. The molecular weight excluding hydrogens is 268 g/mol. The van der Waals surface area contributed by atoms with E-state index >= 15 is 0 Å². The summed E-state index contributed by atoms with van der Waals surface area (Å²) in [4.78, 5) is 23.9. The maximum Gasteiger partial charge on any atom is 0.307 e. The maximum absolute atomic E-state index is 10.9. The lowest BCUT2D eigenvalue weighted by Crippen LogP contribution is -2.34. The topological polar surface area (TPSA) is 83.6 Å². The summed E-state index contributed by atoms with van der Waals surface area (Å²) < 4.78 is 0. The van der Waals surface area contributed by atoms with Gasteiger partial charge in [-0.05, 0) is 43.0 Å². The monoisotopic (exact) mass is 290 g/mol. The average molecular weight is 290 g/mol. The lowest BCUT2D eigenvalue weighted by atomic mass is 9.93. The van der Waals surface area contributed by atoms with E-state index in [2.05, 4.69) is 4.90 Å². The van der Waals surface area contributed by atoms with Crippen LogP contribution in [0.1, 0.15) is 30.4 Å². The van der Waals surface area contributed by atoms with E-state index < -0.39 is 5.97 Å². The predicted octanol–water partition coefficient (Wildman–Crippen LogP) is 1.40. The molecule has 0 radical (unpaired) electrons. The van der Waals surface area contributed by atoms with Gasteiger partial charge in [-0.3, -0.25) is 14.5 Å². The molecule has 1 fully saturated rings. The Morgan fingerprint density at radius 2 is 1.71 bits per heavy atom. The Bertz CT molecular complexity index is 491. The van der Waals surface area contributed by atoms with Crippen molar-refractivity contribution in [2.24, 2.45) is 11.7 Å². The lowest BCUT2D eigenvalue weighted by Gasteiger charge is -2.31. The van der Waals surface area contributed by atoms with Crippen LogP contribution in [0.4, 0.5) is 0 Å². The highest BCUT2D eigenvalue weighted by Crippen LogP contribution is 2.21. The van der Waals surface area contributed by atoms with Crippen molar-refractivity contribution >= 4 is 11.9 Å². The Labute approximate surface area is 124 Å². The molecule has 1 aliphatic heterocycles. The van der Waals surface area contributed by atoms with Gasteiger partial charge >= 0.3 is 5.97 Å². The maximum atomic E-state index is 10.9. The van der Waals surface area contributed by atoms with Crippen LogP contribution in [0.15, 0.2) is 24.3 Å². The predicted molar refractivity (Wildman–Crippen MR) is 79.6 cm³/mol. The highest BCUT2D eigenvalue weighted by Gasteiger charge is 2.20. The fraction of sp³-hybridized carbons (Fsp3) is 0.500. The number of hydrogen-bond donors (Lipinski definition) is 2. The number of amides is 1. The van der Waals surface area contributed by atoms with Crippen molar-refractivity contribution in [1.82, 2.24) is 4.90 Å². The van der Waals surface area contributed by atoms with Crippen molar-refractivity contribution < 1.29 is 14.7 Å². The summed E-state index contributed by atoms with van der Waals surface area (Å²) in [6.07, 6.45) is 2.59. The minimum absolute atomic E-state index is 0.0682. The van der Waals surface area contributed by atoms with E-state index in [1.807, 2.05) is 24.3 Å². The number of carbonyl (C=O) groups is 2. The second-order valence-electron chi connectivity index (χ2n) is 5.78. The van der Waals surface area contributed by atoms with E-state index in [9.17, 15) is 9.59 Å². The number of carboxylic acids is 1. The largest absolute Gasteiger partial charge is 0.481 e. The first kappa shape index (κ1) is 15.5. The zero-order chi connectivity index (χ0) is 15.2. The fourth-order valence-electron chi connectivity index (χ4n) is 2.83. The van der Waals surface area contributed by atoms with Gasteiger partial charge in [-0.1, -0.05) is 24.3 Å². The molecule has 1 aliphatic rings. The molecule has 5 nitrogen and oxygen atoms in total. The number of nitrogens with zero attached hydrogens (tertiary/aromatic N) is 1. The van der Waals surface area contributed by atoms with E-state index in [0.717, 1.165) is 38.0 Å². The Hall–Kier alpha value is -1.88. The molecule has 0 atom stereocenters. The van der Waals surface area contributed by atoms with E-state index in [1.54, 1.807) is 0 Å². The number of nitrogens with two attached hydrogens (primary N) is 1. The van der Waals surface area contributed by atoms with Gasteiger partial charge in [0, 0.05) is 13.0 Å². The Balaban J connectivity index is 1.80. The molecule has 1 heterocycles. The van der Waals surface area contributed by atoms with Crippen molar-refractivity contribution in [2.75, 3.05) is 13.1 Å². The fourth-order valence-corrected chi connectivity index (χ4v) is 2.83. The van der Waals surface area contributed by atoms with Crippen LogP contribution in [0.2, 0.25) is 0 Å². The van der Waals surface area contributed by atoms with Crippen LogP contribution in [0.25, 0.3) is 0 Å². The van der Waals surface area contributed by atoms with Gasteiger partial charge in [0.15, 0.2) is 0 Å². The number of benzene rings is 1.